The SMILES string of the molecule is Cc1ccc(S(=O)(=O)N2C(=O)OC(C)(C)/C2=C\c2ccccc2)cc1. The van der Waals surface area contributed by atoms with E-state index in [9.17, 15) is 13.2 Å². The highest BCUT2D eigenvalue weighted by Gasteiger charge is 2.49. The molecule has 0 N–H and O–H groups in total. The highest BCUT2D eigenvalue weighted by atomic mass is 32.2. The van der Waals surface area contributed by atoms with Crippen molar-refractivity contribution in [3.05, 3.63) is 71.4 Å². The summed E-state index contributed by atoms with van der Waals surface area (Å²) in [6.45, 7) is 5.21. The van der Waals surface area contributed by atoms with Crippen molar-refractivity contribution in [1.29, 1.82) is 0 Å². The fourth-order valence-electron chi connectivity index (χ4n) is 2.64. The third-order valence-electron chi connectivity index (χ3n) is 4.01. The Kier molecular flexibility index (Phi) is 4.16. The summed E-state index contributed by atoms with van der Waals surface area (Å²) < 4.78 is 32.1. The molecule has 1 aliphatic heterocycles. The predicted molar refractivity (Wildman–Crippen MR) is 95.2 cm³/mol. The van der Waals surface area contributed by atoms with Crippen LogP contribution in [0.25, 0.3) is 6.08 Å². The second kappa shape index (κ2) is 6.04. The van der Waals surface area contributed by atoms with Crippen LogP contribution in [-0.2, 0) is 14.8 Å². The number of hydrogen-bond donors (Lipinski definition) is 0. The molecule has 6 heteroatoms. The first-order chi connectivity index (χ1) is 11.7. The summed E-state index contributed by atoms with van der Waals surface area (Å²) in [5.41, 5.74) is 0.950. The van der Waals surface area contributed by atoms with Crippen LogP contribution in [0.2, 0.25) is 0 Å². The Hall–Kier alpha value is -2.60. The Balaban J connectivity index is 2.13. The van der Waals surface area contributed by atoms with Gasteiger partial charge in [-0.1, -0.05) is 48.0 Å². The standard InChI is InChI=1S/C19H19NO4S/c1-14-9-11-16(12-10-14)25(22,23)20-17(19(2,3)24-18(20)21)13-15-7-5-4-6-8-15/h4-13H,1-3H3/b17-13+. The maximum absolute atomic E-state index is 13.0. The van der Waals surface area contributed by atoms with Gasteiger partial charge in [-0.05, 0) is 44.5 Å². The lowest BCUT2D eigenvalue weighted by Crippen LogP contribution is -2.32. The summed E-state index contributed by atoms with van der Waals surface area (Å²) in [6, 6.07) is 15.6. The Bertz CT molecular complexity index is 929. The molecule has 1 fully saturated rings. The number of amides is 1. The molecule has 1 saturated heterocycles. The molecule has 2 aromatic rings. The summed E-state index contributed by atoms with van der Waals surface area (Å²) in [5.74, 6) is 0. The number of carbonyl (C=O) groups excluding carboxylic acids is 1. The zero-order chi connectivity index (χ0) is 18.2. The Morgan fingerprint density at radius 1 is 1.00 bits per heavy atom. The first-order valence-electron chi connectivity index (χ1n) is 7.84. The van der Waals surface area contributed by atoms with Gasteiger partial charge in [0.05, 0.1) is 10.6 Å². The molecule has 0 saturated carbocycles. The van der Waals surface area contributed by atoms with E-state index in [0.717, 1.165) is 15.4 Å². The molecule has 0 spiro atoms. The number of hydrogen-bond acceptors (Lipinski definition) is 4. The van der Waals surface area contributed by atoms with Gasteiger partial charge in [-0.2, -0.15) is 4.31 Å². The highest BCUT2D eigenvalue weighted by Crippen LogP contribution is 2.38. The van der Waals surface area contributed by atoms with E-state index < -0.39 is 21.7 Å². The molecule has 25 heavy (non-hydrogen) atoms. The van der Waals surface area contributed by atoms with Crippen molar-refractivity contribution in [1.82, 2.24) is 4.31 Å². The van der Waals surface area contributed by atoms with Crippen LogP contribution in [0.3, 0.4) is 0 Å². The molecular formula is C19H19NO4S. The minimum Gasteiger partial charge on any atom is -0.436 e. The lowest BCUT2D eigenvalue weighted by Gasteiger charge is -2.21. The van der Waals surface area contributed by atoms with Crippen LogP contribution in [0.4, 0.5) is 4.79 Å². The molecule has 5 nitrogen and oxygen atoms in total. The minimum absolute atomic E-state index is 0.0479. The fraction of sp³-hybridized carbons (Fsp3) is 0.211. The van der Waals surface area contributed by atoms with E-state index in [4.69, 9.17) is 4.74 Å². The number of nitrogens with zero attached hydrogens (tertiary/aromatic N) is 1. The van der Waals surface area contributed by atoms with Gasteiger partial charge in [0.15, 0.2) is 0 Å². The molecule has 3 rings (SSSR count). The summed E-state index contributed by atoms with van der Waals surface area (Å²) in [7, 11) is -4.05. The average molecular weight is 357 g/mol. The van der Waals surface area contributed by atoms with E-state index in [1.807, 2.05) is 37.3 Å². The van der Waals surface area contributed by atoms with Gasteiger partial charge in [0.2, 0.25) is 0 Å². The topological polar surface area (TPSA) is 63.7 Å². The third-order valence-corrected chi connectivity index (χ3v) is 5.70. The Morgan fingerprint density at radius 3 is 2.20 bits per heavy atom. The molecule has 0 atom stereocenters. The zero-order valence-electron chi connectivity index (χ0n) is 14.3. The van der Waals surface area contributed by atoms with Gasteiger partial charge in [-0.15, -0.1) is 0 Å². The normalized spacial score (nSPS) is 18.4. The van der Waals surface area contributed by atoms with Crippen LogP contribution < -0.4 is 0 Å². The van der Waals surface area contributed by atoms with Gasteiger partial charge in [0.25, 0.3) is 10.0 Å². The number of rotatable bonds is 3. The summed E-state index contributed by atoms with van der Waals surface area (Å²) in [4.78, 5) is 12.4. The van der Waals surface area contributed by atoms with E-state index in [2.05, 4.69) is 0 Å². The van der Waals surface area contributed by atoms with Gasteiger partial charge in [0.1, 0.15) is 5.60 Å². The molecule has 0 aliphatic carbocycles. The Labute approximate surface area is 147 Å². The van der Waals surface area contributed by atoms with E-state index in [1.165, 1.54) is 12.1 Å². The van der Waals surface area contributed by atoms with Gasteiger partial charge in [-0.3, -0.25) is 0 Å². The van der Waals surface area contributed by atoms with Crippen molar-refractivity contribution in [3.63, 3.8) is 0 Å². The molecule has 1 heterocycles. The second-order valence-corrected chi connectivity index (χ2v) is 8.19. The first kappa shape index (κ1) is 17.2. The van der Waals surface area contributed by atoms with Crippen LogP contribution in [0.1, 0.15) is 25.0 Å². The summed E-state index contributed by atoms with van der Waals surface area (Å²) in [6.07, 6.45) is 0.768. The summed E-state index contributed by atoms with van der Waals surface area (Å²) in [5, 5.41) is 0. The van der Waals surface area contributed by atoms with Crippen molar-refractivity contribution in [3.8, 4) is 0 Å². The molecule has 1 aliphatic rings. The van der Waals surface area contributed by atoms with E-state index in [-0.39, 0.29) is 10.6 Å². The largest absolute Gasteiger partial charge is 0.436 e. The lowest BCUT2D eigenvalue weighted by atomic mass is 10.0. The van der Waals surface area contributed by atoms with Crippen LogP contribution in [0.5, 0.6) is 0 Å². The number of sulfonamides is 1. The zero-order valence-corrected chi connectivity index (χ0v) is 15.1. The van der Waals surface area contributed by atoms with Crippen molar-refractivity contribution in [2.45, 2.75) is 31.3 Å². The number of ether oxygens (including phenoxy) is 1. The maximum atomic E-state index is 13.0. The van der Waals surface area contributed by atoms with Gasteiger partial charge >= 0.3 is 6.09 Å². The molecule has 0 bridgehead atoms. The first-order valence-corrected chi connectivity index (χ1v) is 9.28. The van der Waals surface area contributed by atoms with E-state index in [0.29, 0.717) is 0 Å². The second-order valence-electron chi connectivity index (χ2n) is 6.40. The van der Waals surface area contributed by atoms with Crippen molar-refractivity contribution >= 4 is 22.2 Å². The molecule has 2 aromatic carbocycles. The lowest BCUT2D eigenvalue weighted by molar-refractivity contribution is 0.0962. The Morgan fingerprint density at radius 2 is 1.60 bits per heavy atom. The monoisotopic (exact) mass is 357 g/mol. The molecule has 0 radical (unpaired) electrons. The van der Waals surface area contributed by atoms with Gasteiger partial charge in [0, 0.05) is 0 Å². The van der Waals surface area contributed by atoms with Crippen LogP contribution >= 0.6 is 0 Å². The molecule has 130 valence electrons. The third kappa shape index (κ3) is 3.17. The quantitative estimate of drug-likeness (QED) is 0.834. The molecular weight excluding hydrogens is 338 g/mol. The maximum Gasteiger partial charge on any atom is 0.429 e. The van der Waals surface area contributed by atoms with Crippen LogP contribution in [-0.4, -0.2) is 24.4 Å². The van der Waals surface area contributed by atoms with Gasteiger partial charge < -0.3 is 4.74 Å². The van der Waals surface area contributed by atoms with Crippen LogP contribution in [0, 0.1) is 6.92 Å². The molecule has 1 amide bonds. The van der Waals surface area contributed by atoms with Crippen molar-refractivity contribution in [2.24, 2.45) is 0 Å². The summed E-state index contributed by atoms with van der Waals surface area (Å²) >= 11 is 0. The molecule has 0 aromatic heterocycles. The minimum atomic E-state index is -4.05. The van der Waals surface area contributed by atoms with Gasteiger partial charge in [-0.25, -0.2) is 13.2 Å². The van der Waals surface area contributed by atoms with Crippen molar-refractivity contribution < 1.29 is 17.9 Å². The van der Waals surface area contributed by atoms with Crippen molar-refractivity contribution in [2.75, 3.05) is 0 Å². The van der Waals surface area contributed by atoms with E-state index in [1.54, 1.807) is 32.1 Å². The van der Waals surface area contributed by atoms with E-state index >= 15 is 0 Å². The highest BCUT2D eigenvalue weighted by molar-refractivity contribution is 7.89. The smallest absolute Gasteiger partial charge is 0.429 e. The fourth-order valence-corrected chi connectivity index (χ4v) is 4.09. The average Bonchev–Trinajstić information content (AvgIpc) is 2.78. The number of cyclic esters (lactones) is 1. The number of carbonyl (C=O) groups is 1. The molecule has 0 unspecified atom stereocenters. The van der Waals surface area contributed by atoms with Crippen LogP contribution in [0.15, 0.2) is 65.2 Å². The number of benzene rings is 2. The predicted octanol–water partition coefficient (Wildman–Crippen LogP) is 3.96. The number of aryl methyl sites for hydroxylation is 1.